The van der Waals surface area contributed by atoms with Crippen LogP contribution < -0.4 is 5.32 Å². The molecule has 0 aromatic heterocycles. The molecule has 0 spiro atoms. The lowest BCUT2D eigenvalue weighted by Gasteiger charge is -2.10. The van der Waals surface area contributed by atoms with Gasteiger partial charge in [-0.05, 0) is 0 Å². The Kier molecular flexibility index (Phi) is 17.8. The summed E-state index contributed by atoms with van der Waals surface area (Å²) in [6.45, 7) is 8.40. The maximum atomic E-state index is 5.01. The van der Waals surface area contributed by atoms with Crippen molar-refractivity contribution in [3.8, 4) is 0 Å². The number of nitrogens with one attached hydrogen (secondary N) is 1. The third kappa shape index (κ3) is 17.9. The van der Waals surface area contributed by atoms with Gasteiger partial charge in [0.1, 0.15) is 0 Å². The van der Waals surface area contributed by atoms with E-state index in [-0.39, 0.29) is 0 Å². The van der Waals surface area contributed by atoms with Crippen molar-refractivity contribution in [2.24, 2.45) is 0 Å². The van der Waals surface area contributed by atoms with Crippen molar-refractivity contribution in [3.63, 3.8) is 0 Å². The van der Waals surface area contributed by atoms with Gasteiger partial charge >= 0.3 is 0 Å². The molecule has 1 rings (SSSR count). The molecule has 1 aliphatic heterocycles. The van der Waals surface area contributed by atoms with E-state index in [2.05, 4.69) is 19.2 Å². The Morgan fingerprint density at radius 3 is 1.21 bits per heavy atom. The van der Waals surface area contributed by atoms with Crippen LogP contribution in [0.1, 0.15) is 84.5 Å². The van der Waals surface area contributed by atoms with E-state index < -0.39 is 0 Å². The summed E-state index contributed by atoms with van der Waals surface area (Å²) in [5.41, 5.74) is 0. The lowest BCUT2D eigenvalue weighted by atomic mass is 10.1. The van der Waals surface area contributed by atoms with E-state index >= 15 is 0 Å². The molecular formula is C17H37NO. The smallest absolute Gasteiger partial charge is 0.0591 e. The van der Waals surface area contributed by atoms with Crippen molar-refractivity contribution in [1.29, 1.82) is 0 Å². The lowest BCUT2D eigenvalue weighted by molar-refractivity contribution is 0.109. The highest BCUT2D eigenvalue weighted by molar-refractivity contribution is 4.49. The number of unbranched alkanes of at least 4 members (excludes halogenated alkanes) is 10. The van der Waals surface area contributed by atoms with Crippen LogP contribution in [0, 0.1) is 0 Å². The van der Waals surface area contributed by atoms with E-state index in [0.717, 1.165) is 26.3 Å². The molecule has 0 saturated carbocycles. The fourth-order valence-corrected chi connectivity index (χ4v) is 2.25. The van der Waals surface area contributed by atoms with Crippen molar-refractivity contribution in [2.45, 2.75) is 84.5 Å². The fourth-order valence-electron chi connectivity index (χ4n) is 2.25. The van der Waals surface area contributed by atoms with Gasteiger partial charge in [-0.2, -0.15) is 0 Å². The molecular weight excluding hydrogens is 234 g/mol. The van der Waals surface area contributed by atoms with Crippen molar-refractivity contribution >= 4 is 0 Å². The molecule has 1 heterocycles. The van der Waals surface area contributed by atoms with E-state index in [1.165, 1.54) is 70.6 Å². The van der Waals surface area contributed by atoms with Gasteiger partial charge < -0.3 is 10.1 Å². The molecule has 0 bridgehead atoms. The van der Waals surface area contributed by atoms with Crippen molar-refractivity contribution in [2.75, 3.05) is 26.3 Å². The van der Waals surface area contributed by atoms with Gasteiger partial charge in [0.15, 0.2) is 0 Å². The summed E-state index contributed by atoms with van der Waals surface area (Å²) in [5.74, 6) is 0. The van der Waals surface area contributed by atoms with E-state index in [0.29, 0.717) is 0 Å². The summed E-state index contributed by atoms with van der Waals surface area (Å²) in [5, 5.41) is 3.16. The lowest BCUT2D eigenvalue weighted by Crippen LogP contribution is -2.30. The fraction of sp³-hybridized carbons (Fsp3) is 1.00. The zero-order chi connectivity index (χ0) is 14.0. The number of hydrogen-bond acceptors (Lipinski definition) is 2. The largest absolute Gasteiger partial charge is 0.379 e. The molecule has 2 nitrogen and oxygen atoms in total. The predicted octanol–water partition coefficient (Wildman–Crippen LogP) is 4.92. The van der Waals surface area contributed by atoms with Crippen LogP contribution in [0.15, 0.2) is 0 Å². The highest BCUT2D eigenvalue weighted by Crippen LogP contribution is 2.10. The zero-order valence-corrected chi connectivity index (χ0v) is 13.5. The van der Waals surface area contributed by atoms with Crippen molar-refractivity contribution in [3.05, 3.63) is 0 Å². The molecule has 116 valence electrons. The molecule has 19 heavy (non-hydrogen) atoms. The predicted molar refractivity (Wildman–Crippen MR) is 85.8 cm³/mol. The SMILES string of the molecule is C1COCCN1.CCCCCCCCCCCCC. The van der Waals surface area contributed by atoms with Crippen LogP contribution in [-0.4, -0.2) is 26.3 Å². The molecule has 1 saturated heterocycles. The van der Waals surface area contributed by atoms with Crippen LogP contribution in [0.2, 0.25) is 0 Å². The average Bonchev–Trinajstić information content (AvgIpc) is 2.48. The molecule has 0 atom stereocenters. The summed E-state index contributed by atoms with van der Waals surface area (Å²) >= 11 is 0. The number of ether oxygens (including phenoxy) is 1. The highest BCUT2D eigenvalue weighted by atomic mass is 16.5. The van der Waals surface area contributed by atoms with Gasteiger partial charge in [-0.3, -0.25) is 0 Å². The Balaban J connectivity index is 0.000000443. The highest BCUT2D eigenvalue weighted by Gasteiger charge is 1.93. The quantitative estimate of drug-likeness (QED) is 0.569. The molecule has 0 amide bonds. The molecule has 1 fully saturated rings. The van der Waals surface area contributed by atoms with Gasteiger partial charge in [0.25, 0.3) is 0 Å². The summed E-state index contributed by atoms with van der Waals surface area (Å²) in [6.07, 6.45) is 15.9. The Morgan fingerprint density at radius 2 is 1.00 bits per heavy atom. The summed E-state index contributed by atoms with van der Waals surface area (Å²) in [4.78, 5) is 0. The topological polar surface area (TPSA) is 21.3 Å². The van der Waals surface area contributed by atoms with Gasteiger partial charge in [-0.1, -0.05) is 84.5 Å². The van der Waals surface area contributed by atoms with Gasteiger partial charge in [0, 0.05) is 13.1 Å². The minimum Gasteiger partial charge on any atom is -0.379 e. The molecule has 0 aromatic rings. The van der Waals surface area contributed by atoms with Crippen LogP contribution in [0.5, 0.6) is 0 Å². The summed E-state index contributed by atoms with van der Waals surface area (Å²) < 4.78 is 5.01. The Labute approximate surface area is 121 Å². The Hall–Kier alpha value is -0.0800. The average molecular weight is 271 g/mol. The van der Waals surface area contributed by atoms with Crippen LogP contribution in [0.4, 0.5) is 0 Å². The zero-order valence-electron chi connectivity index (χ0n) is 13.5. The first-order valence-electron chi connectivity index (χ1n) is 8.70. The van der Waals surface area contributed by atoms with Crippen molar-refractivity contribution < 1.29 is 4.74 Å². The third-order valence-corrected chi connectivity index (χ3v) is 3.55. The van der Waals surface area contributed by atoms with Crippen molar-refractivity contribution in [1.82, 2.24) is 5.32 Å². The molecule has 2 heteroatoms. The van der Waals surface area contributed by atoms with Gasteiger partial charge in [-0.25, -0.2) is 0 Å². The first-order valence-corrected chi connectivity index (χ1v) is 8.70. The maximum Gasteiger partial charge on any atom is 0.0591 e. The minimum absolute atomic E-state index is 0.889. The molecule has 0 unspecified atom stereocenters. The molecule has 0 aliphatic carbocycles. The first-order chi connectivity index (χ1) is 9.41. The third-order valence-electron chi connectivity index (χ3n) is 3.55. The van der Waals surface area contributed by atoms with Crippen LogP contribution in [0.3, 0.4) is 0 Å². The van der Waals surface area contributed by atoms with Gasteiger partial charge in [-0.15, -0.1) is 0 Å². The maximum absolute atomic E-state index is 5.01. The number of morpholine rings is 1. The van der Waals surface area contributed by atoms with E-state index in [4.69, 9.17) is 4.74 Å². The van der Waals surface area contributed by atoms with E-state index in [1.54, 1.807) is 0 Å². The Bertz CT molecular complexity index is 125. The molecule has 0 radical (unpaired) electrons. The standard InChI is InChI=1S/C13H28.C4H9NO/c1-3-5-7-9-11-13-12-10-8-6-4-2;1-3-6-4-2-5-1/h3-13H2,1-2H3;5H,1-4H2. The summed E-state index contributed by atoms with van der Waals surface area (Å²) in [7, 11) is 0. The monoisotopic (exact) mass is 271 g/mol. The number of rotatable bonds is 10. The second-order valence-electron chi connectivity index (χ2n) is 5.54. The summed E-state index contributed by atoms with van der Waals surface area (Å²) in [6, 6.07) is 0. The van der Waals surface area contributed by atoms with Gasteiger partial charge in [0.05, 0.1) is 13.2 Å². The Morgan fingerprint density at radius 1 is 0.632 bits per heavy atom. The van der Waals surface area contributed by atoms with Crippen LogP contribution in [0.25, 0.3) is 0 Å². The van der Waals surface area contributed by atoms with Crippen LogP contribution >= 0.6 is 0 Å². The van der Waals surface area contributed by atoms with Crippen LogP contribution in [-0.2, 0) is 4.74 Å². The second-order valence-corrected chi connectivity index (χ2v) is 5.54. The second kappa shape index (κ2) is 17.9. The first kappa shape index (κ1) is 18.9. The molecule has 1 N–H and O–H groups in total. The van der Waals surface area contributed by atoms with E-state index in [9.17, 15) is 0 Å². The minimum atomic E-state index is 0.889. The van der Waals surface area contributed by atoms with E-state index in [1.807, 2.05) is 0 Å². The van der Waals surface area contributed by atoms with Gasteiger partial charge in [0.2, 0.25) is 0 Å². The molecule has 0 aromatic carbocycles. The normalized spacial score (nSPS) is 14.8. The number of hydrogen-bond donors (Lipinski definition) is 1. The molecule has 1 aliphatic rings.